The smallest absolute Gasteiger partial charge is 0.338 e. The Morgan fingerprint density at radius 1 is 0.824 bits per heavy atom. The Hall–Kier alpha value is -4.19. The lowest BCUT2D eigenvalue weighted by Crippen LogP contribution is -2.27. The van der Waals surface area contributed by atoms with E-state index in [9.17, 15) is 14.4 Å². The molecule has 0 heterocycles. The maximum atomic E-state index is 12.7. The minimum Gasteiger partial charge on any atom is -0.461 e. The summed E-state index contributed by atoms with van der Waals surface area (Å²) in [4.78, 5) is 36.1. The number of hydrogen-bond acceptors (Lipinski definition) is 6. The summed E-state index contributed by atoms with van der Waals surface area (Å²) in [6, 6.07) is 25.6. The first-order valence-electron chi connectivity index (χ1n) is 10.9. The highest BCUT2D eigenvalue weighted by Crippen LogP contribution is 2.35. The Morgan fingerprint density at radius 2 is 1.41 bits per heavy atom. The van der Waals surface area contributed by atoms with Crippen LogP contribution >= 0.6 is 0 Å². The third kappa shape index (κ3) is 5.23. The zero-order chi connectivity index (χ0) is 23.9. The predicted octanol–water partition coefficient (Wildman–Crippen LogP) is 4.85. The van der Waals surface area contributed by atoms with Gasteiger partial charge in [0.25, 0.3) is 6.47 Å². The lowest BCUT2D eigenvalue weighted by molar-refractivity contribution is -0.132. The molecule has 1 aliphatic carbocycles. The van der Waals surface area contributed by atoms with Crippen molar-refractivity contribution in [3.05, 3.63) is 108 Å². The molecule has 3 atom stereocenters. The second-order valence-corrected chi connectivity index (χ2v) is 7.99. The highest BCUT2D eigenvalue weighted by molar-refractivity contribution is 5.90. The standard InChI is InChI=1S/C28H24O6/c1-19-24(26(16-25(19)33-18-29)34-28(31)22-10-6-3-7-11-22)17-32-27(30)23-14-12-21(13-15-23)20-8-4-2-5-9-20/h2-15,18,24-26H,1,16-17H2/t24-,25+,26-/m0/s1. The topological polar surface area (TPSA) is 78.9 Å². The molecule has 34 heavy (non-hydrogen) atoms. The zero-order valence-electron chi connectivity index (χ0n) is 18.5. The fourth-order valence-corrected chi connectivity index (χ4v) is 4.02. The van der Waals surface area contributed by atoms with Gasteiger partial charge in [0.2, 0.25) is 0 Å². The number of ether oxygens (including phenoxy) is 3. The average molecular weight is 456 g/mol. The van der Waals surface area contributed by atoms with Gasteiger partial charge in [-0.05, 0) is 41.0 Å². The lowest BCUT2D eigenvalue weighted by atomic mass is 10.0. The fraction of sp³-hybridized carbons (Fsp3) is 0.179. The summed E-state index contributed by atoms with van der Waals surface area (Å²) in [6.07, 6.45) is -0.997. The third-order valence-electron chi connectivity index (χ3n) is 5.89. The number of carbonyl (C=O) groups is 3. The molecule has 1 aliphatic rings. The Morgan fingerprint density at radius 3 is 2.06 bits per heavy atom. The largest absolute Gasteiger partial charge is 0.461 e. The van der Waals surface area contributed by atoms with Crippen LogP contribution in [-0.2, 0) is 19.0 Å². The summed E-state index contributed by atoms with van der Waals surface area (Å²) < 4.78 is 16.3. The summed E-state index contributed by atoms with van der Waals surface area (Å²) in [5.41, 5.74) is 3.39. The van der Waals surface area contributed by atoms with E-state index in [1.165, 1.54) is 0 Å². The Kier molecular flexibility index (Phi) is 7.18. The minimum atomic E-state index is -0.640. The van der Waals surface area contributed by atoms with Crippen molar-refractivity contribution >= 4 is 18.4 Å². The molecule has 0 bridgehead atoms. The average Bonchev–Trinajstić information content (AvgIpc) is 3.17. The first-order chi connectivity index (χ1) is 16.6. The van der Waals surface area contributed by atoms with Crippen molar-refractivity contribution in [2.75, 3.05) is 6.61 Å². The van der Waals surface area contributed by atoms with Gasteiger partial charge in [-0.25, -0.2) is 9.59 Å². The first kappa shape index (κ1) is 23.0. The lowest BCUT2D eigenvalue weighted by Gasteiger charge is -2.20. The maximum Gasteiger partial charge on any atom is 0.338 e. The van der Waals surface area contributed by atoms with Crippen LogP contribution in [0, 0.1) is 5.92 Å². The highest BCUT2D eigenvalue weighted by atomic mass is 16.6. The third-order valence-corrected chi connectivity index (χ3v) is 5.89. The molecule has 3 aromatic carbocycles. The van der Waals surface area contributed by atoms with Crippen LogP contribution in [0.3, 0.4) is 0 Å². The van der Waals surface area contributed by atoms with Gasteiger partial charge in [-0.3, -0.25) is 4.79 Å². The van der Waals surface area contributed by atoms with Gasteiger partial charge in [-0.15, -0.1) is 0 Å². The molecule has 4 rings (SSSR count). The van der Waals surface area contributed by atoms with E-state index in [1.807, 2.05) is 42.5 Å². The summed E-state index contributed by atoms with van der Waals surface area (Å²) in [5, 5.41) is 0. The molecule has 0 N–H and O–H groups in total. The molecule has 0 radical (unpaired) electrons. The van der Waals surface area contributed by atoms with Gasteiger partial charge in [0.15, 0.2) is 0 Å². The predicted molar refractivity (Wildman–Crippen MR) is 126 cm³/mol. The van der Waals surface area contributed by atoms with Gasteiger partial charge in [0.1, 0.15) is 18.8 Å². The van der Waals surface area contributed by atoms with Gasteiger partial charge >= 0.3 is 11.9 Å². The van der Waals surface area contributed by atoms with Crippen molar-refractivity contribution in [2.24, 2.45) is 5.92 Å². The minimum absolute atomic E-state index is 0.0520. The van der Waals surface area contributed by atoms with Crippen molar-refractivity contribution in [3.8, 4) is 11.1 Å². The molecule has 1 fully saturated rings. The molecule has 6 heteroatoms. The molecule has 0 spiro atoms. The summed E-state index contributed by atoms with van der Waals surface area (Å²) in [6.45, 7) is 4.29. The van der Waals surface area contributed by atoms with E-state index in [0.717, 1.165) is 11.1 Å². The molecule has 0 aromatic heterocycles. The molecule has 0 amide bonds. The van der Waals surface area contributed by atoms with Gasteiger partial charge < -0.3 is 14.2 Å². The molecule has 1 saturated carbocycles. The van der Waals surface area contributed by atoms with Crippen molar-refractivity contribution in [2.45, 2.75) is 18.6 Å². The number of benzene rings is 3. The normalized spacial score (nSPS) is 19.3. The van der Waals surface area contributed by atoms with Crippen LogP contribution in [0.15, 0.2) is 97.1 Å². The summed E-state index contributed by atoms with van der Waals surface area (Å²) in [7, 11) is 0. The Bertz CT molecular complexity index is 1150. The first-order valence-corrected chi connectivity index (χ1v) is 10.9. The molecular weight excluding hydrogens is 432 g/mol. The van der Waals surface area contributed by atoms with E-state index in [0.29, 0.717) is 23.2 Å². The van der Waals surface area contributed by atoms with Gasteiger partial charge in [0.05, 0.1) is 17.0 Å². The van der Waals surface area contributed by atoms with E-state index in [4.69, 9.17) is 14.2 Å². The quantitative estimate of drug-likeness (QED) is 0.209. The molecule has 6 nitrogen and oxygen atoms in total. The van der Waals surface area contributed by atoms with Crippen LogP contribution in [0.5, 0.6) is 0 Å². The van der Waals surface area contributed by atoms with Crippen molar-refractivity contribution in [1.82, 2.24) is 0 Å². The van der Waals surface area contributed by atoms with Crippen LogP contribution < -0.4 is 0 Å². The number of rotatable bonds is 8. The van der Waals surface area contributed by atoms with E-state index >= 15 is 0 Å². The van der Waals surface area contributed by atoms with Crippen LogP contribution in [-0.4, -0.2) is 37.2 Å². The van der Waals surface area contributed by atoms with E-state index < -0.39 is 30.1 Å². The SMILES string of the molecule is C=C1[C@H](OC=O)C[C@H](OC(=O)c2ccccc2)[C@H]1COC(=O)c1ccc(-c2ccccc2)cc1. The maximum absolute atomic E-state index is 12.7. The van der Waals surface area contributed by atoms with Crippen molar-refractivity contribution in [3.63, 3.8) is 0 Å². The number of hydrogen-bond donors (Lipinski definition) is 0. The van der Waals surface area contributed by atoms with Crippen molar-refractivity contribution in [1.29, 1.82) is 0 Å². The molecule has 3 aromatic rings. The van der Waals surface area contributed by atoms with Gasteiger partial charge in [-0.1, -0.05) is 67.2 Å². The van der Waals surface area contributed by atoms with E-state index in [1.54, 1.807) is 42.5 Å². The second kappa shape index (κ2) is 10.6. The van der Waals surface area contributed by atoms with E-state index in [-0.39, 0.29) is 13.0 Å². The zero-order valence-corrected chi connectivity index (χ0v) is 18.5. The molecular formula is C28H24O6. The second-order valence-electron chi connectivity index (χ2n) is 7.99. The van der Waals surface area contributed by atoms with Gasteiger partial charge in [-0.2, -0.15) is 0 Å². The van der Waals surface area contributed by atoms with E-state index in [2.05, 4.69) is 6.58 Å². The van der Waals surface area contributed by atoms with Crippen LogP contribution in [0.2, 0.25) is 0 Å². The number of esters is 2. The summed E-state index contributed by atoms with van der Waals surface area (Å²) >= 11 is 0. The molecule has 0 saturated heterocycles. The van der Waals surface area contributed by atoms with Crippen molar-refractivity contribution < 1.29 is 28.6 Å². The highest BCUT2D eigenvalue weighted by Gasteiger charge is 2.42. The summed E-state index contributed by atoms with van der Waals surface area (Å²) in [5.74, 6) is -1.50. The fourth-order valence-electron chi connectivity index (χ4n) is 4.02. The Balaban J connectivity index is 1.42. The Labute approximate surface area is 197 Å². The van der Waals surface area contributed by atoms with Crippen LogP contribution in [0.25, 0.3) is 11.1 Å². The molecule has 0 aliphatic heterocycles. The van der Waals surface area contributed by atoms with Gasteiger partial charge in [0, 0.05) is 6.42 Å². The number of carbonyl (C=O) groups excluding carboxylic acids is 3. The van der Waals surface area contributed by atoms with Crippen LogP contribution in [0.1, 0.15) is 27.1 Å². The molecule has 0 unspecified atom stereocenters. The van der Waals surface area contributed by atoms with Crippen LogP contribution in [0.4, 0.5) is 0 Å². The molecule has 172 valence electrons. The monoisotopic (exact) mass is 456 g/mol.